The van der Waals surface area contributed by atoms with E-state index in [1.54, 1.807) is 15.9 Å². The van der Waals surface area contributed by atoms with Crippen LogP contribution >= 0.6 is 0 Å². The van der Waals surface area contributed by atoms with Crippen LogP contribution in [0.2, 0.25) is 0 Å². The third kappa shape index (κ3) is 7.38. The highest BCUT2D eigenvalue weighted by Crippen LogP contribution is 2.23. The minimum Gasteiger partial charge on any atom is -0.444 e. The first-order valence-electron chi connectivity index (χ1n) is 12.7. The molecule has 1 fully saturated rings. The molecular weight excluding hydrogens is 462 g/mol. The lowest BCUT2D eigenvalue weighted by Gasteiger charge is -2.43. The summed E-state index contributed by atoms with van der Waals surface area (Å²) in [6.45, 7) is 18.0. The first kappa shape index (κ1) is 29.5. The number of hydrogen-bond donors (Lipinski definition) is 2. The van der Waals surface area contributed by atoms with E-state index in [-0.39, 0.29) is 53.8 Å². The molecule has 10 nitrogen and oxygen atoms in total. The molecule has 0 aliphatic carbocycles. The van der Waals surface area contributed by atoms with Gasteiger partial charge >= 0.3 is 6.09 Å². The third-order valence-electron chi connectivity index (χ3n) is 6.30. The van der Waals surface area contributed by atoms with Crippen LogP contribution in [-0.2, 0) is 4.74 Å². The molecular formula is C26H43N5O5. The summed E-state index contributed by atoms with van der Waals surface area (Å²) >= 11 is 0. The van der Waals surface area contributed by atoms with Crippen molar-refractivity contribution >= 4 is 17.9 Å². The molecule has 2 heterocycles. The largest absolute Gasteiger partial charge is 0.444 e. The summed E-state index contributed by atoms with van der Waals surface area (Å²) in [5.41, 5.74) is 0.315. The second-order valence-electron chi connectivity index (χ2n) is 11.4. The van der Waals surface area contributed by atoms with Crippen LogP contribution in [0, 0.1) is 11.8 Å². The zero-order chi connectivity index (χ0) is 27.4. The highest BCUT2D eigenvalue weighted by Gasteiger charge is 2.37. The van der Waals surface area contributed by atoms with Gasteiger partial charge in [-0.05, 0) is 50.2 Å². The van der Waals surface area contributed by atoms with Crippen molar-refractivity contribution in [3.8, 4) is 0 Å². The van der Waals surface area contributed by atoms with Gasteiger partial charge in [-0.2, -0.15) is 0 Å². The van der Waals surface area contributed by atoms with Crippen LogP contribution in [0.4, 0.5) is 4.79 Å². The Balaban J connectivity index is 2.25. The SMILES string of the molecule is CC(C)c1cc(C(=O)N2CCN(C(=O)OC(C)(C)C)[C@@H](C(C)C)C2)nnc1C(=O)N[C@H](CO)C(C)C. The van der Waals surface area contributed by atoms with Crippen LogP contribution in [-0.4, -0.2) is 86.9 Å². The summed E-state index contributed by atoms with van der Waals surface area (Å²) in [5.74, 6) is -0.641. The minimum absolute atomic E-state index is 0.0449. The van der Waals surface area contributed by atoms with Gasteiger partial charge in [-0.15, -0.1) is 10.2 Å². The number of aromatic nitrogens is 2. The molecule has 2 N–H and O–H groups in total. The van der Waals surface area contributed by atoms with Crippen molar-refractivity contribution in [3.05, 3.63) is 23.0 Å². The van der Waals surface area contributed by atoms with Crippen molar-refractivity contribution in [2.75, 3.05) is 26.2 Å². The molecule has 1 aliphatic rings. The first-order valence-corrected chi connectivity index (χ1v) is 12.7. The molecule has 10 heteroatoms. The molecule has 0 aromatic carbocycles. The second-order valence-corrected chi connectivity index (χ2v) is 11.4. The van der Waals surface area contributed by atoms with Gasteiger partial charge in [0.15, 0.2) is 11.4 Å². The smallest absolute Gasteiger partial charge is 0.410 e. The van der Waals surface area contributed by atoms with Crippen molar-refractivity contribution in [1.82, 2.24) is 25.3 Å². The van der Waals surface area contributed by atoms with Gasteiger partial charge in [-0.3, -0.25) is 9.59 Å². The maximum absolute atomic E-state index is 13.4. The van der Waals surface area contributed by atoms with E-state index in [1.807, 2.05) is 62.3 Å². The number of rotatable bonds is 7. The van der Waals surface area contributed by atoms with Crippen LogP contribution in [0.3, 0.4) is 0 Å². The number of amides is 3. The van der Waals surface area contributed by atoms with Crippen LogP contribution in [0.5, 0.6) is 0 Å². The number of ether oxygens (including phenoxy) is 1. The highest BCUT2D eigenvalue weighted by atomic mass is 16.6. The lowest BCUT2D eigenvalue weighted by atomic mass is 9.98. The molecule has 1 aromatic heterocycles. The van der Waals surface area contributed by atoms with Crippen molar-refractivity contribution in [1.29, 1.82) is 0 Å². The fraction of sp³-hybridized carbons (Fsp3) is 0.731. The lowest BCUT2D eigenvalue weighted by Crippen LogP contribution is -2.59. The molecule has 0 saturated carbocycles. The fourth-order valence-electron chi connectivity index (χ4n) is 4.06. The van der Waals surface area contributed by atoms with Crippen molar-refractivity contribution in [2.24, 2.45) is 11.8 Å². The number of aliphatic hydroxyl groups is 1. The summed E-state index contributed by atoms with van der Waals surface area (Å²) in [7, 11) is 0. The standard InChI is InChI=1S/C26H43N5O5/c1-15(2)18-12-19(28-29-22(18)23(33)27-20(14-32)16(3)4)24(34)30-10-11-31(21(13-30)17(5)6)25(35)36-26(7,8)9/h12,15-17,20-21,32H,10-11,13-14H2,1-9H3,(H,27,33)/t20-,21-/m1/s1. The Morgan fingerprint density at radius 3 is 2.25 bits per heavy atom. The molecule has 36 heavy (non-hydrogen) atoms. The quantitative estimate of drug-likeness (QED) is 0.583. The monoisotopic (exact) mass is 505 g/mol. The van der Waals surface area contributed by atoms with Gasteiger partial charge in [0, 0.05) is 19.6 Å². The number of nitrogens with zero attached hydrogens (tertiary/aromatic N) is 4. The van der Waals surface area contributed by atoms with Gasteiger partial charge in [0.05, 0.1) is 18.7 Å². The van der Waals surface area contributed by atoms with E-state index in [2.05, 4.69) is 15.5 Å². The number of piperazine rings is 1. The summed E-state index contributed by atoms with van der Waals surface area (Å²) < 4.78 is 5.57. The summed E-state index contributed by atoms with van der Waals surface area (Å²) in [4.78, 5) is 42.4. The van der Waals surface area contributed by atoms with Gasteiger partial charge in [0.25, 0.3) is 11.8 Å². The van der Waals surface area contributed by atoms with Crippen LogP contribution in [0.15, 0.2) is 6.07 Å². The minimum atomic E-state index is -0.602. The average molecular weight is 506 g/mol. The zero-order valence-corrected chi connectivity index (χ0v) is 23.2. The summed E-state index contributed by atoms with van der Waals surface area (Å²) in [6.07, 6.45) is -0.381. The van der Waals surface area contributed by atoms with E-state index in [0.29, 0.717) is 25.2 Å². The Kier molecular flexibility index (Phi) is 9.82. The van der Waals surface area contributed by atoms with Crippen LogP contribution < -0.4 is 5.32 Å². The zero-order valence-electron chi connectivity index (χ0n) is 23.2. The van der Waals surface area contributed by atoms with Gasteiger partial charge < -0.3 is 25.0 Å². The highest BCUT2D eigenvalue weighted by molar-refractivity contribution is 5.96. The Morgan fingerprint density at radius 2 is 1.75 bits per heavy atom. The maximum atomic E-state index is 13.4. The summed E-state index contributed by atoms with van der Waals surface area (Å²) in [6, 6.07) is 1.02. The van der Waals surface area contributed by atoms with Crippen molar-refractivity contribution < 1.29 is 24.2 Å². The fourth-order valence-corrected chi connectivity index (χ4v) is 4.06. The van der Waals surface area contributed by atoms with Crippen LogP contribution in [0.1, 0.15) is 94.8 Å². The predicted octanol–water partition coefficient (Wildman–Crippen LogP) is 3.06. The molecule has 2 rings (SSSR count). The number of carbonyl (C=O) groups excluding carboxylic acids is 3. The van der Waals surface area contributed by atoms with E-state index in [1.165, 1.54) is 0 Å². The normalized spacial score (nSPS) is 17.5. The Hall–Kier alpha value is -2.75. The topological polar surface area (TPSA) is 125 Å². The molecule has 0 radical (unpaired) electrons. The Bertz CT molecular complexity index is 941. The number of aliphatic hydroxyl groups excluding tert-OH is 1. The Labute approximate surface area is 214 Å². The number of nitrogens with one attached hydrogen (secondary N) is 1. The van der Waals surface area contributed by atoms with Crippen LogP contribution in [0.25, 0.3) is 0 Å². The molecule has 202 valence electrons. The van der Waals surface area contributed by atoms with Gasteiger partial charge in [0.2, 0.25) is 0 Å². The molecule has 0 unspecified atom stereocenters. The molecule has 0 bridgehead atoms. The third-order valence-corrected chi connectivity index (χ3v) is 6.30. The number of carbonyl (C=O) groups is 3. The molecule has 3 amide bonds. The van der Waals surface area contributed by atoms with E-state index < -0.39 is 17.6 Å². The number of hydrogen-bond acceptors (Lipinski definition) is 7. The molecule has 1 saturated heterocycles. The van der Waals surface area contributed by atoms with Crippen molar-refractivity contribution in [3.63, 3.8) is 0 Å². The average Bonchev–Trinajstić information content (AvgIpc) is 2.79. The van der Waals surface area contributed by atoms with Gasteiger partial charge in [-0.1, -0.05) is 41.5 Å². The maximum Gasteiger partial charge on any atom is 0.410 e. The van der Waals surface area contributed by atoms with Gasteiger partial charge in [0.1, 0.15) is 5.60 Å². The second kappa shape index (κ2) is 12.0. The van der Waals surface area contributed by atoms with E-state index in [9.17, 15) is 19.5 Å². The van der Waals surface area contributed by atoms with E-state index >= 15 is 0 Å². The predicted molar refractivity (Wildman–Crippen MR) is 137 cm³/mol. The van der Waals surface area contributed by atoms with Crippen molar-refractivity contribution in [2.45, 2.75) is 85.9 Å². The Morgan fingerprint density at radius 1 is 1.11 bits per heavy atom. The molecule has 2 atom stereocenters. The van der Waals surface area contributed by atoms with E-state index in [4.69, 9.17) is 4.74 Å². The van der Waals surface area contributed by atoms with Gasteiger partial charge in [-0.25, -0.2) is 4.79 Å². The first-order chi connectivity index (χ1) is 16.7. The molecule has 0 spiro atoms. The summed E-state index contributed by atoms with van der Waals surface area (Å²) in [5, 5.41) is 20.6. The lowest BCUT2D eigenvalue weighted by molar-refractivity contribution is -0.00804. The molecule has 1 aromatic rings. The molecule has 1 aliphatic heterocycles. The van der Waals surface area contributed by atoms with E-state index in [0.717, 1.165) is 0 Å².